The van der Waals surface area contributed by atoms with Gasteiger partial charge in [0.15, 0.2) is 0 Å². The number of rotatable bonds is 4. The van der Waals surface area contributed by atoms with Crippen molar-refractivity contribution in [1.29, 1.82) is 0 Å². The van der Waals surface area contributed by atoms with Crippen molar-refractivity contribution in [1.82, 2.24) is 0 Å². The minimum Gasteiger partial charge on any atom is -0.373 e. The molecule has 1 aromatic carbocycles. The summed E-state index contributed by atoms with van der Waals surface area (Å²) in [4.78, 5) is 0. The van der Waals surface area contributed by atoms with Crippen molar-refractivity contribution in [2.45, 2.75) is 44.2 Å². The van der Waals surface area contributed by atoms with Gasteiger partial charge in [0.2, 0.25) is 0 Å². The van der Waals surface area contributed by atoms with E-state index in [2.05, 4.69) is 19.1 Å². The van der Waals surface area contributed by atoms with Gasteiger partial charge in [-0.1, -0.05) is 43.2 Å². The Morgan fingerprint density at radius 1 is 1.25 bits per heavy atom. The second kappa shape index (κ2) is 4.98. The zero-order valence-electron chi connectivity index (χ0n) is 9.99. The fourth-order valence-corrected chi connectivity index (χ4v) is 2.77. The molecule has 0 heterocycles. The maximum Gasteiger partial charge on any atom is 0.0874 e. The molecule has 1 unspecified atom stereocenters. The summed E-state index contributed by atoms with van der Waals surface area (Å²) in [7, 11) is 0. The van der Waals surface area contributed by atoms with E-state index in [0.29, 0.717) is 0 Å². The third-order valence-corrected chi connectivity index (χ3v) is 3.61. The van der Waals surface area contributed by atoms with Gasteiger partial charge >= 0.3 is 0 Å². The summed E-state index contributed by atoms with van der Waals surface area (Å²) in [5.41, 5.74) is 7.47. The lowest BCUT2D eigenvalue weighted by atomic mass is 9.87. The Balaban J connectivity index is 2.20. The summed E-state index contributed by atoms with van der Waals surface area (Å²) in [6.45, 7) is 2.80. The standard InChI is InChI=1S/C14H21NO/c1-2-16-14(10-6-7-11-14)13(15)12-8-4-3-5-9-12/h3-5,8-9,13H,2,6-7,10-11,15H2,1H3. The molecule has 0 bridgehead atoms. The smallest absolute Gasteiger partial charge is 0.0874 e. The predicted molar refractivity (Wildman–Crippen MR) is 66.2 cm³/mol. The fraction of sp³-hybridized carbons (Fsp3) is 0.571. The van der Waals surface area contributed by atoms with E-state index in [0.717, 1.165) is 19.4 Å². The van der Waals surface area contributed by atoms with Crippen LogP contribution in [0, 0.1) is 0 Å². The topological polar surface area (TPSA) is 35.2 Å². The minimum absolute atomic E-state index is 0.0103. The van der Waals surface area contributed by atoms with E-state index in [4.69, 9.17) is 10.5 Å². The third-order valence-electron chi connectivity index (χ3n) is 3.61. The maximum absolute atomic E-state index is 6.40. The summed E-state index contributed by atoms with van der Waals surface area (Å²) < 4.78 is 5.98. The first-order valence-corrected chi connectivity index (χ1v) is 6.23. The summed E-state index contributed by atoms with van der Waals surface area (Å²) in [5.74, 6) is 0. The van der Waals surface area contributed by atoms with Crippen LogP contribution in [0.3, 0.4) is 0 Å². The summed E-state index contributed by atoms with van der Waals surface area (Å²) in [6, 6.07) is 10.3. The summed E-state index contributed by atoms with van der Waals surface area (Å²) in [5, 5.41) is 0. The Bertz CT molecular complexity index is 317. The molecule has 0 aliphatic heterocycles. The molecule has 2 heteroatoms. The summed E-state index contributed by atoms with van der Waals surface area (Å²) >= 11 is 0. The molecule has 1 aromatic rings. The first kappa shape index (κ1) is 11.6. The van der Waals surface area contributed by atoms with Crippen molar-refractivity contribution in [3.8, 4) is 0 Å². The van der Waals surface area contributed by atoms with Crippen molar-refractivity contribution >= 4 is 0 Å². The molecule has 0 aromatic heterocycles. The zero-order valence-corrected chi connectivity index (χ0v) is 9.99. The number of benzene rings is 1. The molecule has 2 nitrogen and oxygen atoms in total. The van der Waals surface area contributed by atoms with E-state index in [1.807, 2.05) is 18.2 Å². The van der Waals surface area contributed by atoms with Crippen LogP contribution in [0.5, 0.6) is 0 Å². The fourth-order valence-electron chi connectivity index (χ4n) is 2.77. The first-order valence-electron chi connectivity index (χ1n) is 6.23. The Morgan fingerprint density at radius 2 is 1.88 bits per heavy atom. The average Bonchev–Trinajstić information content (AvgIpc) is 2.80. The highest BCUT2D eigenvalue weighted by Gasteiger charge is 2.40. The molecule has 1 fully saturated rings. The van der Waals surface area contributed by atoms with Crippen molar-refractivity contribution in [2.24, 2.45) is 5.73 Å². The molecule has 0 saturated heterocycles. The van der Waals surface area contributed by atoms with Gasteiger partial charge in [0.1, 0.15) is 0 Å². The predicted octanol–water partition coefficient (Wildman–Crippen LogP) is 3.04. The van der Waals surface area contributed by atoms with Crippen molar-refractivity contribution < 1.29 is 4.74 Å². The van der Waals surface area contributed by atoms with Gasteiger partial charge in [-0.2, -0.15) is 0 Å². The van der Waals surface area contributed by atoms with Gasteiger partial charge < -0.3 is 10.5 Å². The Morgan fingerprint density at radius 3 is 2.44 bits per heavy atom. The zero-order chi connectivity index (χ0) is 11.4. The SMILES string of the molecule is CCOC1(C(N)c2ccccc2)CCCC1. The highest BCUT2D eigenvalue weighted by molar-refractivity contribution is 5.22. The van der Waals surface area contributed by atoms with Crippen LogP contribution < -0.4 is 5.73 Å². The molecular formula is C14H21NO. The van der Waals surface area contributed by atoms with E-state index < -0.39 is 0 Å². The molecule has 0 spiro atoms. The van der Waals surface area contributed by atoms with E-state index in [9.17, 15) is 0 Å². The molecule has 1 saturated carbocycles. The highest BCUT2D eigenvalue weighted by atomic mass is 16.5. The molecule has 88 valence electrons. The Kier molecular flexibility index (Phi) is 3.62. The molecule has 1 atom stereocenters. The highest BCUT2D eigenvalue weighted by Crippen LogP contribution is 2.41. The van der Waals surface area contributed by atoms with Gasteiger partial charge in [-0.25, -0.2) is 0 Å². The molecule has 0 amide bonds. The van der Waals surface area contributed by atoms with E-state index in [1.165, 1.54) is 18.4 Å². The van der Waals surface area contributed by atoms with Crippen LogP contribution in [-0.2, 0) is 4.74 Å². The van der Waals surface area contributed by atoms with Crippen molar-refractivity contribution in [3.63, 3.8) is 0 Å². The van der Waals surface area contributed by atoms with E-state index in [-0.39, 0.29) is 11.6 Å². The lowest BCUT2D eigenvalue weighted by Gasteiger charge is -2.35. The second-order valence-corrected chi connectivity index (χ2v) is 4.59. The Labute approximate surface area is 97.8 Å². The number of ether oxygens (including phenoxy) is 1. The monoisotopic (exact) mass is 219 g/mol. The van der Waals surface area contributed by atoms with Crippen molar-refractivity contribution in [3.05, 3.63) is 35.9 Å². The van der Waals surface area contributed by atoms with Gasteiger partial charge in [0.25, 0.3) is 0 Å². The Hall–Kier alpha value is -0.860. The van der Waals surface area contributed by atoms with Gasteiger partial charge in [-0.3, -0.25) is 0 Å². The van der Waals surface area contributed by atoms with Gasteiger partial charge in [0, 0.05) is 6.61 Å². The molecule has 1 aliphatic rings. The van der Waals surface area contributed by atoms with Crippen LogP contribution in [0.4, 0.5) is 0 Å². The second-order valence-electron chi connectivity index (χ2n) is 4.59. The van der Waals surface area contributed by atoms with Crippen LogP contribution in [0.1, 0.15) is 44.2 Å². The largest absolute Gasteiger partial charge is 0.373 e. The van der Waals surface area contributed by atoms with Gasteiger partial charge in [-0.15, -0.1) is 0 Å². The van der Waals surface area contributed by atoms with Gasteiger partial charge in [0.05, 0.1) is 11.6 Å². The van der Waals surface area contributed by atoms with Crippen LogP contribution in [0.25, 0.3) is 0 Å². The quantitative estimate of drug-likeness (QED) is 0.844. The van der Waals surface area contributed by atoms with Crippen LogP contribution in [0.2, 0.25) is 0 Å². The maximum atomic E-state index is 6.40. The molecule has 1 aliphatic carbocycles. The molecule has 0 radical (unpaired) electrons. The first-order chi connectivity index (χ1) is 7.78. The third kappa shape index (κ3) is 2.13. The summed E-state index contributed by atoms with van der Waals surface area (Å²) in [6.07, 6.45) is 4.66. The van der Waals surface area contributed by atoms with Crippen LogP contribution in [0.15, 0.2) is 30.3 Å². The molecule has 2 rings (SSSR count). The molecule has 16 heavy (non-hydrogen) atoms. The minimum atomic E-state index is -0.115. The van der Waals surface area contributed by atoms with Crippen molar-refractivity contribution in [2.75, 3.05) is 6.61 Å². The van der Waals surface area contributed by atoms with E-state index >= 15 is 0 Å². The number of hydrogen-bond acceptors (Lipinski definition) is 2. The normalized spacial score (nSPS) is 20.9. The average molecular weight is 219 g/mol. The number of hydrogen-bond donors (Lipinski definition) is 1. The van der Waals surface area contributed by atoms with Gasteiger partial charge in [-0.05, 0) is 25.3 Å². The molecule has 2 N–H and O–H groups in total. The van der Waals surface area contributed by atoms with Crippen LogP contribution in [-0.4, -0.2) is 12.2 Å². The lowest BCUT2D eigenvalue weighted by molar-refractivity contribution is -0.0536. The van der Waals surface area contributed by atoms with Crippen LogP contribution >= 0.6 is 0 Å². The lowest BCUT2D eigenvalue weighted by Crippen LogP contribution is -2.41. The van der Waals surface area contributed by atoms with E-state index in [1.54, 1.807) is 0 Å². The number of nitrogens with two attached hydrogens (primary N) is 1. The molecular weight excluding hydrogens is 198 g/mol.